The van der Waals surface area contributed by atoms with Crippen molar-refractivity contribution in [1.29, 1.82) is 0 Å². The van der Waals surface area contributed by atoms with Crippen molar-refractivity contribution in [1.82, 2.24) is 5.32 Å². The summed E-state index contributed by atoms with van der Waals surface area (Å²) in [5.74, 6) is 0.220. The molecule has 20 heavy (non-hydrogen) atoms. The van der Waals surface area contributed by atoms with Gasteiger partial charge in [-0.15, -0.1) is 0 Å². The molecule has 1 aliphatic heterocycles. The SMILES string of the molecule is CCCNC(c1cc(C)cc(F)c1)C1CCS(=O)(=O)C1. The lowest BCUT2D eigenvalue weighted by Crippen LogP contribution is -2.30. The van der Waals surface area contributed by atoms with Gasteiger partial charge in [-0.1, -0.05) is 13.0 Å². The van der Waals surface area contributed by atoms with E-state index in [0.29, 0.717) is 6.42 Å². The largest absolute Gasteiger partial charge is 0.310 e. The Morgan fingerprint density at radius 3 is 2.70 bits per heavy atom. The highest BCUT2D eigenvalue weighted by molar-refractivity contribution is 7.91. The summed E-state index contributed by atoms with van der Waals surface area (Å²) >= 11 is 0. The summed E-state index contributed by atoms with van der Waals surface area (Å²) in [7, 11) is -2.93. The Bertz CT molecular complexity index is 551. The minimum absolute atomic E-state index is 0.0350. The second-order valence-corrected chi connectivity index (χ2v) is 7.89. The maximum atomic E-state index is 13.6. The van der Waals surface area contributed by atoms with E-state index in [0.717, 1.165) is 24.1 Å². The van der Waals surface area contributed by atoms with E-state index in [-0.39, 0.29) is 29.3 Å². The van der Waals surface area contributed by atoms with Gasteiger partial charge in [0.25, 0.3) is 0 Å². The molecule has 1 aliphatic rings. The van der Waals surface area contributed by atoms with E-state index in [1.165, 1.54) is 12.1 Å². The molecule has 1 N–H and O–H groups in total. The second-order valence-electron chi connectivity index (χ2n) is 5.66. The molecule has 0 bridgehead atoms. The first kappa shape index (κ1) is 15.4. The monoisotopic (exact) mass is 299 g/mol. The summed E-state index contributed by atoms with van der Waals surface area (Å²) in [6.07, 6.45) is 1.61. The minimum atomic E-state index is -2.93. The molecular weight excluding hydrogens is 277 g/mol. The van der Waals surface area contributed by atoms with Gasteiger partial charge < -0.3 is 5.32 Å². The maximum Gasteiger partial charge on any atom is 0.150 e. The zero-order chi connectivity index (χ0) is 14.8. The summed E-state index contributed by atoms with van der Waals surface area (Å²) in [5, 5.41) is 3.39. The normalized spacial score (nSPS) is 22.9. The molecular formula is C15H22FNO2S. The third kappa shape index (κ3) is 3.79. The van der Waals surface area contributed by atoms with Crippen molar-refractivity contribution in [3.05, 3.63) is 35.1 Å². The van der Waals surface area contributed by atoms with Crippen molar-refractivity contribution in [2.24, 2.45) is 5.92 Å². The van der Waals surface area contributed by atoms with Crippen LogP contribution in [0.1, 0.15) is 36.9 Å². The van der Waals surface area contributed by atoms with Crippen LogP contribution in [0, 0.1) is 18.7 Å². The molecule has 1 aromatic rings. The average Bonchev–Trinajstić information content (AvgIpc) is 2.69. The Hall–Kier alpha value is -0.940. The number of halogens is 1. The summed E-state index contributed by atoms with van der Waals surface area (Å²) in [4.78, 5) is 0. The number of sulfone groups is 1. The minimum Gasteiger partial charge on any atom is -0.310 e. The highest BCUT2D eigenvalue weighted by Gasteiger charge is 2.34. The van der Waals surface area contributed by atoms with E-state index >= 15 is 0 Å². The van der Waals surface area contributed by atoms with Gasteiger partial charge in [0, 0.05) is 6.04 Å². The highest BCUT2D eigenvalue weighted by atomic mass is 32.2. The van der Waals surface area contributed by atoms with Gasteiger partial charge in [0.05, 0.1) is 11.5 Å². The van der Waals surface area contributed by atoms with E-state index in [1.54, 1.807) is 0 Å². The molecule has 3 nitrogen and oxygen atoms in total. The first-order chi connectivity index (χ1) is 9.41. The summed E-state index contributed by atoms with van der Waals surface area (Å²) < 4.78 is 37.0. The van der Waals surface area contributed by atoms with Gasteiger partial charge in [-0.05, 0) is 55.5 Å². The number of hydrogen-bond acceptors (Lipinski definition) is 3. The van der Waals surface area contributed by atoms with Crippen LogP contribution in [0.3, 0.4) is 0 Å². The number of rotatable bonds is 5. The topological polar surface area (TPSA) is 46.2 Å². The van der Waals surface area contributed by atoms with Gasteiger partial charge in [0.2, 0.25) is 0 Å². The van der Waals surface area contributed by atoms with Crippen LogP contribution in [0.2, 0.25) is 0 Å². The van der Waals surface area contributed by atoms with Crippen LogP contribution in [0.4, 0.5) is 4.39 Å². The summed E-state index contributed by atoms with van der Waals surface area (Å²) in [6.45, 7) is 4.72. The van der Waals surface area contributed by atoms with Gasteiger partial charge in [0.1, 0.15) is 5.82 Å². The third-order valence-electron chi connectivity index (χ3n) is 3.78. The van der Waals surface area contributed by atoms with Crippen LogP contribution in [-0.2, 0) is 9.84 Å². The molecule has 0 radical (unpaired) electrons. The van der Waals surface area contributed by atoms with Crippen molar-refractivity contribution in [3.8, 4) is 0 Å². The molecule has 0 saturated carbocycles. The molecule has 2 atom stereocenters. The van der Waals surface area contributed by atoms with Crippen LogP contribution in [-0.4, -0.2) is 26.5 Å². The average molecular weight is 299 g/mol. The number of hydrogen-bond donors (Lipinski definition) is 1. The molecule has 0 aromatic heterocycles. The molecule has 2 rings (SSSR count). The van der Waals surface area contributed by atoms with Crippen molar-refractivity contribution in [3.63, 3.8) is 0 Å². The van der Waals surface area contributed by atoms with E-state index < -0.39 is 9.84 Å². The highest BCUT2D eigenvalue weighted by Crippen LogP contribution is 2.32. The summed E-state index contributed by atoms with van der Waals surface area (Å²) in [6, 6.07) is 4.87. The molecule has 1 aromatic carbocycles. The Balaban J connectivity index is 2.27. The smallest absolute Gasteiger partial charge is 0.150 e. The second kappa shape index (κ2) is 6.22. The molecule has 0 aliphatic carbocycles. The molecule has 0 amide bonds. The lowest BCUT2D eigenvalue weighted by molar-refractivity contribution is 0.391. The molecule has 1 heterocycles. The van der Waals surface area contributed by atoms with Crippen molar-refractivity contribution >= 4 is 9.84 Å². The number of nitrogens with one attached hydrogen (secondary N) is 1. The summed E-state index contributed by atoms with van der Waals surface area (Å²) in [5.41, 5.74) is 1.72. The fourth-order valence-corrected chi connectivity index (χ4v) is 4.73. The lowest BCUT2D eigenvalue weighted by Gasteiger charge is -2.25. The van der Waals surface area contributed by atoms with Crippen LogP contribution in [0.15, 0.2) is 18.2 Å². The third-order valence-corrected chi connectivity index (χ3v) is 5.57. The van der Waals surface area contributed by atoms with Crippen molar-refractivity contribution in [2.45, 2.75) is 32.7 Å². The zero-order valence-corrected chi connectivity index (χ0v) is 12.8. The Kier molecular flexibility index (Phi) is 4.81. The van der Waals surface area contributed by atoms with Crippen LogP contribution in [0.5, 0.6) is 0 Å². The van der Waals surface area contributed by atoms with Crippen molar-refractivity contribution < 1.29 is 12.8 Å². The predicted octanol–water partition coefficient (Wildman–Crippen LogP) is 2.61. The lowest BCUT2D eigenvalue weighted by atomic mass is 9.91. The van der Waals surface area contributed by atoms with Crippen LogP contribution >= 0.6 is 0 Å². The van der Waals surface area contributed by atoms with E-state index in [9.17, 15) is 12.8 Å². The van der Waals surface area contributed by atoms with E-state index in [2.05, 4.69) is 12.2 Å². The fraction of sp³-hybridized carbons (Fsp3) is 0.600. The number of aryl methyl sites for hydroxylation is 1. The Morgan fingerprint density at radius 2 is 2.15 bits per heavy atom. The quantitative estimate of drug-likeness (QED) is 0.909. The number of benzene rings is 1. The molecule has 5 heteroatoms. The zero-order valence-electron chi connectivity index (χ0n) is 12.0. The van der Waals surface area contributed by atoms with Gasteiger partial charge in [0.15, 0.2) is 9.84 Å². The van der Waals surface area contributed by atoms with Gasteiger partial charge in [-0.3, -0.25) is 0 Å². The van der Waals surface area contributed by atoms with Gasteiger partial charge in [-0.25, -0.2) is 12.8 Å². The van der Waals surface area contributed by atoms with E-state index in [1.807, 2.05) is 13.0 Å². The molecule has 2 unspecified atom stereocenters. The fourth-order valence-electron chi connectivity index (χ4n) is 2.89. The van der Waals surface area contributed by atoms with Crippen LogP contribution in [0.25, 0.3) is 0 Å². The maximum absolute atomic E-state index is 13.6. The van der Waals surface area contributed by atoms with Gasteiger partial charge in [-0.2, -0.15) is 0 Å². The van der Waals surface area contributed by atoms with Crippen molar-refractivity contribution in [2.75, 3.05) is 18.1 Å². The first-order valence-electron chi connectivity index (χ1n) is 7.12. The Morgan fingerprint density at radius 1 is 1.40 bits per heavy atom. The molecule has 1 saturated heterocycles. The molecule has 112 valence electrons. The van der Waals surface area contributed by atoms with Gasteiger partial charge >= 0.3 is 0 Å². The Labute approximate surface area is 120 Å². The standard InChI is InChI=1S/C15H22FNO2S/c1-3-5-17-15(12-4-6-20(18,19)10-12)13-7-11(2)8-14(16)9-13/h7-9,12,15,17H,3-6,10H2,1-2H3. The van der Waals surface area contributed by atoms with Crippen LogP contribution < -0.4 is 5.32 Å². The molecule has 0 spiro atoms. The van der Waals surface area contributed by atoms with E-state index in [4.69, 9.17) is 0 Å². The molecule has 1 fully saturated rings. The predicted molar refractivity (Wildman–Crippen MR) is 78.9 cm³/mol. The first-order valence-corrected chi connectivity index (χ1v) is 8.94.